The van der Waals surface area contributed by atoms with Gasteiger partial charge in [-0.15, -0.1) is 10.2 Å². The fourth-order valence-corrected chi connectivity index (χ4v) is 3.48. The van der Waals surface area contributed by atoms with Gasteiger partial charge < -0.3 is 24.8 Å². The number of anilines is 2. The summed E-state index contributed by atoms with van der Waals surface area (Å²) < 4.78 is 18.5. The fraction of sp³-hybridized carbons (Fsp3) is 0.167. The van der Waals surface area contributed by atoms with Crippen LogP contribution in [0.3, 0.4) is 0 Å². The van der Waals surface area contributed by atoms with Gasteiger partial charge in [-0.1, -0.05) is 0 Å². The Balaban J connectivity index is 1.18. The van der Waals surface area contributed by atoms with Crippen molar-refractivity contribution in [3.63, 3.8) is 0 Å². The summed E-state index contributed by atoms with van der Waals surface area (Å²) in [4.78, 5) is 12.3. The molecule has 4 aromatic rings. The summed E-state index contributed by atoms with van der Waals surface area (Å²) >= 11 is 0. The van der Waals surface area contributed by atoms with E-state index >= 15 is 0 Å². The number of urea groups is 1. The molecule has 1 aliphatic heterocycles. The fourth-order valence-electron chi connectivity index (χ4n) is 3.48. The zero-order chi connectivity index (χ0) is 23.5. The van der Waals surface area contributed by atoms with Crippen molar-refractivity contribution >= 4 is 17.4 Å². The standard InChI is InChI=1S/C24H22N6O4/c1-15-13-16(2)30(29-15)22-9-10-23(28-27-22)34-19-6-3-17(4-7-19)25-24(31)26-18-5-8-20-21(14-18)33-12-11-32-20/h3-10,13-14H,11-12H2,1-2H3,(H2,25,26,31). The third-order valence-corrected chi connectivity index (χ3v) is 4.99. The predicted octanol–water partition coefficient (Wildman–Crippen LogP) is 4.49. The number of fused-ring (bicyclic) bond motifs is 1. The Labute approximate surface area is 195 Å². The maximum absolute atomic E-state index is 12.3. The van der Waals surface area contributed by atoms with Crippen LogP contribution in [0.4, 0.5) is 16.2 Å². The first-order chi connectivity index (χ1) is 16.5. The second-order valence-electron chi connectivity index (χ2n) is 7.63. The molecule has 10 nitrogen and oxygen atoms in total. The number of nitrogens with zero attached hydrogens (tertiary/aromatic N) is 4. The number of amides is 2. The lowest BCUT2D eigenvalue weighted by atomic mass is 10.2. The molecule has 34 heavy (non-hydrogen) atoms. The van der Waals surface area contributed by atoms with Crippen LogP contribution in [0.2, 0.25) is 0 Å². The Morgan fingerprint density at radius 3 is 2.32 bits per heavy atom. The van der Waals surface area contributed by atoms with E-state index in [0.717, 1.165) is 11.4 Å². The van der Waals surface area contributed by atoms with Gasteiger partial charge in [-0.3, -0.25) is 0 Å². The Hall–Kier alpha value is -4.60. The van der Waals surface area contributed by atoms with Crippen LogP contribution >= 0.6 is 0 Å². The molecule has 0 saturated carbocycles. The second-order valence-corrected chi connectivity index (χ2v) is 7.63. The van der Waals surface area contributed by atoms with Gasteiger partial charge in [-0.25, -0.2) is 9.48 Å². The van der Waals surface area contributed by atoms with Gasteiger partial charge >= 0.3 is 6.03 Å². The highest BCUT2D eigenvalue weighted by atomic mass is 16.6. The van der Waals surface area contributed by atoms with Crippen molar-refractivity contribution in [1.29, 1.82) is 0 Å². The molecule has 0 aliphatic carbocycles. The number of aromatic nitrogens is 4. The van der Waals surface area contributed by atoms with Crippen molar-refractivity contribution < 1.29 is 19.0 Å². The average Bonchev–Trinajstić information content (AvgIpc) is 3.18. The summed E-state index contributed by atoms with van der Waals surface area (Å²) in [5.41, 5.74) is 3.09. The largest absolute Gasteiger partial charge is 0.486 e. The molecule has 0 bridgehead atoms. The number of ether oxygens (including phenoxy) is 3. The van der Waals surface area contributed by atoms with E-state index in [0.29, 0.717) is 53.5 Å². The molecule has 0 saturated heterocycles. The third kappa shape index (κ3) is 4.75. The number of hydrogen-bond donors (Lipinski definition) is 2. The molecule has 0 spiro atoms. The smallest absolute Gasteiger partial charge is 0.323 e. The molecule has 0 radical (unpaired) electrons. The molecule has 10 heteroatoms. The van der Waals surface area contributed by atoms with Crippen molar-refractivity contribution in [2.75, 3.05) is 23.8 Å². The Kier molecular flexibility index (Phi) is 5.69. The van der Waals surface area contributed by atoms with Crippen molar-refractivity contribution in [2.24, 2.45) is 0 Å². The first-order valence-electron chi connectivity index (χ1n) is 10.7. The molecule has 2 N–H and O–H groups in total. The van der Waals surface area contributed by atoms with E-state index in [1.807, 2.05) is 19.9 Å². The van der Waals surface area contributed by atoms with Crippen molar-refractivity contribution in [1.82, 2.24) is 20.0 Å². The minimum Gasteiger partial charge on any atom is -0.486 e. The van der Waals surface area contributed by atoms with Gasteiger partial charge in [0.1, 0.15) is 19.0 Å². The van der Waals surface area contributed by atoms with Gasteiger partial charge in [-0.05, 0) is 62.4 Å². The SMILES string of the molecule is Cc1cc(C)n(-c2ccc(Oc3ccc(NC(=O)Nc4ccc5c(c4)OCCO5)cc3)nn2)n1. The minimum atomic E-state index is -0.379. The van der Waals surface area contributed by atoms with Gasteiger partial charge in [0.15, 0.2) is 17.3 Å². The molecule has 2 aromatic carbocycles. The number of aryl methyl sites for hydroxylation is 2. The van der Waals surface area contributed by atoms with E-state index in [1.165, 1.54) is 0 Å². The van der Waals surface area contributed by atoms with Crippen LogP contribution in [0.25, 0.3) is 5.82 Å². The van der Waals surface area contributed by atoms with Crippen LogP contribution in [-0.4, -0.2) is 39.2 Å². The number of benzene rings is 2. The van der Waals surface area contributed by atoms with E-state index in [-0.39, 0.29) is 6.03 Å². The van der Waals surface area contributed by atoms with Crippen LogP contribution in [0.5, 0.6) is 23.1 Å². The van der Waals surface area contributed by atoms with Crippen LogP contribution in [0.1, 0.15) is 11.4 Å². The predicted molar refractivity (Wildman–Crippen MR) is 125 cm³/mol. The molecule has 1 aliphatic rings. The highest BCUT2D eigenvalue weighted by Gasteiger charge is 2.13. The maximum Gasteiger partial charge on any atom is 0.323 e. The van der Waals surface area contributed by atoms with Gasteiger partial charge in [0, 0.05) is 29.2 Å². The Morgan fingerprint density at radius 2 is 1.62 bits per heavy atom. The molecule has 2 aromatic heterocycles. The van der Waals surface area contributed by atoms with Crippen molar-refractivity contribution in [3.8, 4) is 28.9 Å². The van der Waals surface area contributed by atoms with Crippen LogP contribution < -0.4 is 24.8 Å². The first kappa shape index (κ1) is 21.3. The minimum absolute atomic E-state index is 0.349. The number of nitrogens with one attached hydrogen (secondary N) is 2. The zero-order valence-corrected chi connectivity index (χ0v) is 18.6. The van der Waals surface area contributed by atoms with Crippen LogP contribution in [0, 0.1) is 13.8 Å². The molecule has 0 fully saturated rings. The van der Waals surface area contributed by atoms with E-state index in [9.17, 15) is 4.79 Å². The van der Waals surface area contributed by atoms with Crippen molar-refractivity contribution in [3.05, 3.63) is 72.1 Å². The van der Waals surface area contributed by atoms with E-state index in [2.05, 4.69) is 25.9 Å². The normalized spacial score (nSPS) is 12.2. The van der Waals surface area contributed by atoms with Gasteiger partial charge in [-0.2, -0.15) is 5.10 Å². The van der Waals surface area contributed by atoms with Gasteiger partial charge in [0.2, 0.25) is 5.88 Å². The molecule has 0 atom stereocenters. The third-order valence-electron chi connectivity index (χ3n) is 4.99. The number of carbonyl (C=O) groups is 1. The van der Waals surface area contributed by atoms with Gasteiger partial charge in [0.25, 0.3) is 0 Å². The van der Waals surface area contributed by atoms with E-state index in [1.54, 1.807) is 59.3 Å². The summed E-state index contributed by atoms with van der Waals surface area (Å²) in [5.74, 6) is 2.80. The summed E-state index contributed by atoms with van der Waals surface area (Å²) in [5, 5.41) is 18.3. The maximum atomic E-state index is 12.3. The summed E-state index contributed by atoms with van der Waals surface area (Å²) in [6.45, 7) is 4.88. The molecule has 172 valence electrons. The van der Waals surface area contributed by atoms with Crippen LogP contribution in [0.15, 0.2) is 60.7 Å². The lowest BCUT2D eigenvalue weighted by Gasteiger charge is -2.19. The lowest BCUT2D eigenvalue weighted by molar-refractivity contribution is 0.171. The Bertz CT molecular complexity index is 1320. The monoisotopic (exact) mass is 458 g/mol. The highest BCUT2D eigenvalue weighted by molar-refractivity contribution is 5.99. The number of hydrogen-bond acceptors (Lipinski definition) is 7. The molecule has 2 amide bonds. The molecule has 0 unspecified atom stereocenters. The zero-order valence-electron chi connectivity index (χ0n) is 18.6. The van der Waals surface area contributed by atoms with Crippen LogP contribution in [-0.2, 0) is 0 Å². The van der Waals surface area contributed by atoms with E-state index < -0.39 is 0 Å². The quantitative estimate of drug-likeness (QED) is 0.453. The van der Waals surface area contributed by atoms with Gasteiger partial charge in [0.05, 0.1) is 5.69 Å². The molecular formula is C24H22N6O4. The summed E-state index contributed by atoms with van der Waals surface area (Å²) in [7, 11) is 0. The summed E-state index contributed by atoms with van der Waals surface area (Å²) in [6, 6.07) is 17.3. The van der Waals surface area contributed by atoms with E-state index in [4.69, 9.17) is 14.2 Å². The molecular weight excluding hydrogens is 436 g/mol. The number of carbonyl (C=O) groups excluding carboxylic acids is 1. The lowest BCUT2D eigenvalue weighted by Crippen LogP contribution is -2.20. The first-order valence-corrected chi connectivity index (χ1v) is 10.7. The topological polar surface area (TPSA) is 112 Å². The van der Waals surface area contributed by atoms with Crippen molar-refractivity contribution in [2.45, 2.75) is 13.8 Å². The average molecular weight is 458 g/mol. The molecule has 5 rings (SSSR count). The Morgan fingerprint density at radius 1 is 0.882 bits per heavy atom. The summed E-state index contributed by atoms with van der Waals surface area (Å²) in [6.07, 6.45) is 0. The second kappa shape index (κ2) is 9.10. The number of rotatable bonds is 5. The highest BCUT2D eigenvalue weighted by Crippen LogP contribution is 2.32. The molecule has 3 heterocycles.